The minimum atomic E-state index is 0. The molecule has 1 saturated heterocycles. The molecule has 0 unspecified atom stereocenters. The molecule has 1 N–H and O–H groups in total. The Balaban J connectivity index is 0.00000312. The highest BCUT2D eigenvalue weighted by molar-refractivity contribution is 5.85. The maximum atomic E-state index is 12.3. The number of amides is 1. The number of hydrogen-bond acceptors (Lipinski definition) is 4. The highest BCUT2D eigenvalue weighted by Gasteiger charge is 2.22. The van der Waals surface area contributed by atoms with Gasteiger partial charge in [-0.1, -0.05) is 13.8 Å². The van der Waals surface area contributed by atoms with Crippen molar-refractivity contribution in [3.05, 3.63) is 24.3 Å². The van der Waals surface area contributed by atoms with Crippen LogP contribution in [0.15, 0.2) is 24.3 Å². The number of likely N-dealkylation sites (tertiary alicyclic amines) is 1. The van der Waals surface area contributed by atoms with Gasteiger partial charge in [0.15, 0.2) is 6.61 Å². The van der Waals surface area contributed by atoms with Crippen molar-refractivity contribution in [2.45, 2.75) is 33.1 Å². The first-order valence-electron chi connectivity index (χ1n) is 9.07. The number of carbonyl (C=O) groups excluding carboxylic acids is 1. The van der Waals surface area contributed by atoms with Crippen molar-refractivity contribution in [3.8, 4) is 11.5 Å². The average molecular weight is 371 g/mol. The molecule has 0 atom stereocenters. The van der Waals surface area contributed by atoms with Crippen molar-refractivity contribution in [2.24, 2.45) is 5.92 Å². The predicted octanol–water partition coefficient (Wildman–Crippen LogP) is 3.12. The van der Waals surface area contributed by atoms with Gasteiger partial charge in [-0.05, 0) is 62.5 Å². The number of piperidine rings is 1. The highest BCUT2D eigenvalue weighted by Crippen LogP contribution is 2.19. The van der Waals surface area contributed by atoms with Gasteiger partial charge in [-0.2, -0.15) is 0 Å². The van der Waals surface area contributed by atoms with E-state index in [1.807, 2.05) is 29.2 Å². The lowest BCUT2D eigenvalue weighted by molar-refractivity contribution is -0.134. The van der Waals surface area contributed by atoms with Crippen LogP contribution in [0.2, 0.25) is 0 Å². The van der Waals surface area contributed by atoms with Gasteiger partial charge in [0.25, 0.3) is 5.91 Å². The third-order valence-electron chi connectivity index (χ3n) is 4.31. The van der Waals surface area contributed by atoms with E-state index in [-0.39, 0.29) is 24.9 Å². The summed E-state index contributed by atoms with van der Waals surface area (Å²) in [7, 11) is 0. The van der Waals surface area contributed by atoms with Crippen LogP contribution >= 0.6 is 12.4 Å². The first-order chi connectivity index (χ1) is 11.7. The average Bonchev–Trinajstić information content (AvgIpc) is 2.64. The van der Waals surface area contributed by atoms with Gasteiger partial charge < -0.3 is 19.7 Å². The van der Waals surface area contributed by atoms with Crippen LogP contribution in [-0.4, -0.2) is 50.2 Å². The predicted molar refractivity (Wildman–Crippen MR) is 103 cm³/mol. The fourth-order valence-corrected chi connectivity index (χ4v) is 2.82. The Morgan fingerprint density at radius 3 is 2.28 bits per heavy atom. The molecule has 142 valence electrons. The topological polar surface area (TPSA) is 50.8 Å². The van der Waals surface area contributed by atoms with Crippen LogP contribution in [0.3, 0.4) is 0 Å². The molecule has 2 rings (SSSR count). The summed E-state index contributed by atoms with van der Waals surface area (Å²) in [6, 6.07) is 7.45. The van der Waals surface area contributed by atoms with E-state index in [1.54, 1.807) is 0 Å². The normalized spacial score (nSPS) is 14.7. The molecule has 1 aromatic carbocycles. The molecule has 1 fully saturated rings. The van der Waals surface area contributed by atoms with Gasteiger partial charge >= 0.3 is 0 Å². The molecule has 6 heteroatoms. The lowest BCUT2D eigenvalue weighted by Gasteiger charge is -2.32. The summed E-state index contributed by atoms with van der Waals surface area (Å²) in [5.74, 6) is 2.29. The third-order valence-corrected chi connectivity index (χ3v) is 4.31. The minimum Gasteiger partial charge on any atom is -0.494 e. The van der Waals surface area contributed by atoms with E-state index in [4.69, 9.17) is 9.47 Å². The van der Waals surface area contributed by atoms with Crippen LogP contribution in [-0.2, 0) is 4.79 Å². The van der Waals surface area contributed by atoms with Crippen LogP contribution in [0.4, 0.5) is 0 Å². The fourth-order valence-electron chi connectivity index (χ4n) is 2.82. The van der Waals surface area contributed by atoms with Gasteiger partial charge in [-0.25, -0.2) is 0 Å². The maximum absolute atomic E-state index is 12.3. The molecule has 0 aromatic heterocycles. The van der Waals surface area contributed by atoms with Crippen molar-refractivity contribution in [2.75, 3.05) is 39.4 Å². The Labute approximate surface area is 157 Å². The Kier molecular flexibility index (Phi) is 10.3. The zero-order valence-corrected chi connectivity index (χ0v) is 16.1. The highest BCUT2D eigenvalue weighted by atomic mass is 35.5. The van der Waals surface area contributed by atoms with E-state index in [0.717, 1.165) is 51.2 Å². The SMILES string of the molecule is CCCOc1ccc(OCC(=O)N2CCC(CNCC)CC2)cc1.Cl. The van der Waals surface area contributed by atoms with Crippen LogP contribution < -0.4 is 14.8 Å². The zero-order valence-electron chi connectivity index (χ0n) is 15.3. The van der Waals surface area contributed by atoms with Crippen molar-refractivity contribution in [3.63, 3.8) is 0 Å². The summed E-state index contributed by atoms with van der Waals surface area (Å²) < 4.78 is 11.1. The third kappa shape index (κ3) is 7.53. The van der Waals surface area contributed by atoms with Gasteiger partial charge in [0, 0.05) is 13.1 Å². The van der Waals surface area contributed by atoms with Gasteiger partial charge in [0.05, 0.1) is 6.61 Å². The summed E-state index contributed by atoms with van der Waals surface area (Å²) in [6.07, 6.45) is 3.13. The molecular weight excluding hydrogens is 340 g/mol. The lowest BCUT2D eigenvalue weighted by Crippen LogP contribution is -2.42. The smallest absolute Gasteiger partial charge is 0.260 e. The first kappa shape index (κ1) is 21.6. The second-order valence-corrected chi connectivity index (χ2v) is 6.24. The second-order valence-electron chi connectivity index (χ2n) is 6.24. The van der Waals surface area contributed by atoms with Crippen LogP contribution in [0.5, 0.6) is 11.5 Å². The summed E-state index contributed by atoms with van der Waals surface area (Å²) in [5, 5.41) is 3.39. The molecule has 0 aliphatic carbocycles. The molecule has 5 nitrogen and oxygen atoms in total. The monoisotopic (exact) mass is 370 g/mol. The standard InChI is InChI=1S/C19H30N2O3.ClH/c1-3-13-23-17-5-7-18(8-6-17)24-15-19(22)21-11-9-16(10-12-21)14-20-4-2;/h5-8,16,20H,3-4,9-15H2,1-2H3;1H. The Hall–Kier alpha value is -1.46. The Morgan fingerprint density at radius 1 is 1.12 bits per heavy atom. The quantitative estimate of drug-likeness (QED) is 0.725. The number of benzene rings is 1. The second kappa shape index (κ2) is 12.0. The fraction of sp³-hybridized carbons (Fsp3) is 0.632. The zero-order chi connectivity index (χ0) is 17.2. The molecule has 1 heterocycles. The van der Waals surface area contributed by atoms with Crippen molar-refractivity contribution >= 4 is 18.3 Å². The van der Waals surface area contributed by atoms with E-state index in [1.165, 1.54) is 0 Å². The largest absolute Gasteiger partial charge is 0.494 e. The summed E-state index contributed by atoms with van der Waals surface area (Å²) in [5.41, 5.74) is 0. The molecule has 0 saturated carbocycles. The number of nitrogens with zero attached hydrogens (tertiary/aromatic N) is 1. The number of nitrogens with one attached hydrogen (secondary N) is 1. The van der Waals surface area contributed by atoms with E-state index in [0.29, 0.717) is 18.3 Å². The maximum Gasteiger partial charge on any atom is 0.260 e. The molecule has 25 heavy (non-hydrogen) atoms. The number of rotatable bonds is 9. The number of halogens is 1. The van der Waals surface area contributed by atoms with Crippen molar-refractivity contribution in [1.29, 1.82) is 0 Å². The van der Waals surface area contributed by atoms with Gasteiger partial charge in [-0.3, -0.25) is 4.79 Å². The van der Waals surface area contributed by atoms with Crippen LogP contribution in [0.1, 0.15) is 33.1 Å². The van der Waals surface area contributed by atoms with Crippen LogP contribution in [0, 0.1) is 5.92 Å². The number of hydrogen-bond donors (Lipinski definition) is 1. The molecule has 1 amide bonds. The van der Waals surface area contributed by atoms with Gasteiger partial charge in [-0.15, -0.1) is 12.4 Å². The van der Waals surface area contributed by atoms with Crippen molar-refractivity contribution in [1.82, 2.24) is 10.2 Å². The molecule has 1 aromatic rings. The molecule has 0 radical (unpaired) electrons. The van der Waals surface area contributed by atoms with Crippen molar-refractivity contribution < 1.29 is 14.3 Å². The molecular formula is C19H31ClN2O3. The molecule has 1 aliphatic rings. The molecule has 0 bridgehead atoms. The minimum absolute atomic E-state index is 0. The summed E-state index contributed by atoms with van der Waals surface area (Å²) >= 11 is 0. The first-order valence-corrected chi connectivity index (χ1v) is 9.07. The van der Waals surface area contributed by atoms with Crippen LogP contribution in [0.25, 0.3) is 0 Å². The van der Waals surface area contributed by atoms with E-state index in [2.05, 4.69) is 19.2 Å². The van der Waals surface area contributed by atoms with E-state index in [9.17, 15) is 4.79 Å². The molecule has 1 aliphatic heterocycles. The Bertz CT molecular complexity index is 488. The summed E-state index contributed by atoms with van der Waals surface area (Å²) in [4.78, 5) is 14.2. The Morgan fingerprint density at radius 2 is 1.72 bits per heavy atom. The van der Waals surface area contributed by atoms with Gasteiger partial charge in [0.1, 0.15) is 11.5 Å². The lowest BCUT2D eigenvalue weighted by atomic mass is 9.97. The van der Waals surface area contributed by atoms with E-state index >= 15 is 0 Å². The van der Waals surface area contributed by atoms with Gasteiger partial charge in [0.2, 0.25) is 0 Å². The number of ether oxygens (including phenoxy) is 2. The summed E-state index contributed by atoms with van der Waals surface area (Å²) in [6.45, 7) is 8.75. The number of carbonyl (C=O) groups is 1. The van der Waals surface area contributed by atoms with E-state index < -0.39 is 0 Å². The molecule has 0 spiro atoms.